The summed E-state index contributed by atoms with van der Waals surface area (Å²) in [4.78, 5) is 28.0. The Hall–Kier alpha value is -1.30. The minimum Gasteiger partial charge on any atom is -0.356 e. The van der Waals surface area contributed by atoms with Gasteiger partial charge in [-0.15, -0.1) is 0 Å². The molecule has 1 aliphatic heterocycles. The van der Waals surface area contributed by atoms with Gasteiger partial charge in [0, 0.05) is 25.2 Å². The summed E-state index contributed by atoms with van der Waals surface area (Å²) < 4.78 is 0. The third kappa shape index (κ3) is 4.83. The number of hydrogen-bond acceptors (Lipinski definition) is 3. The Morgan fingerprint density at radius 2 is 2.09 bits per heavy atom. The molecule has 7 heteroatoms. The molecule has 2 rings (SSSR count). The lowest BCUT2D eigenvalue weighted by atomic mass is 10.1. The molecule has 1 fully saturated rings. The number of nitrogens with one attached hydrogen (secondary N) is 1. The molecule has 1 atom stereocenters. The number of rotatable bonds is 6. The highest BCUT2D eigenvalue weighted by Gasteiger charge is 2.35. The molecule has 1 heterocycles. The Kier molecular flexibility index (Phi) is 6.27. The van der Waals surface area contributed by atoms with Gasteiger partial charge in [0.15, 0.2) is 0 Å². The van der Waals surface area contributed by atoms with E-state index in [-0.39, 0.29) is 24.2 Å². The van der Waals surface area contributed by atoms with Crippen LogP contribution in [0, 0.1) is 5.92 Å². The second-order valence-electron chi connectivity index (χ2n) is 5.95. The monoisotopic (exact) mass is 357 g/mol. The highest BCUT2D eigenvalue weighted by Crippen LogP contribution is 2.31. The molecule has 1 aliphatic rings. The van der Waals surface area contributed by atoms with Crippen LogP contribution in [0.1, 0.15) is 12.8 Å². The molecule has 0 radical (unpaired) electrons. The Balaban J connectivity index is 1.91. The van der Waals surface area contributed by atoms with E-state index in [0.717, 1.165) is 13.0 Å². The fraction of sp³-hybridized carbons (Fsp3) is 0.500. The minimum absolute atomic E-state index is 0.0698. The Labute approximate surface area is 146 Å². The molecule has 5 nitrogen and oxygen atoms in total. The number of carbonyl (C=O) groups is 2. The summed E-state index contributed by atoms with van der Waals surface area (Å²) in [5.74, 6) is -0.465. The van der Waals surface area contributed by atoms with Gasteiger partial charge in [-0.05, 0) is 45.3 Å². The first-order chi connectivity index (χ1) is 10.9. The van der Waals surface area contributed by atoms with Gasteiger partial charge in [0.2, 0.25) is 11.8 Å². The first-order valence-corrected chi connectivity index (χ1v) is 8.32. The fourth-order valence-electron chi connectivity index (χ4n) is 2.54. The topological polar surface area (TPSA) is 52.7 Å². The SMILES string of the molecule is CN(C)CCCNC(=O)C1CC(=O)N(c2ccc(Cl)c(Cl)c2)C1. The van der Waals surface area contributed by atoms with Crippen molar-refractivity contribution in [3.8, 4) is 0 Å². The second kappa shape index (κ2) is 7.99. The molecular weight excluding hydrogens is 337 g/mol. The quantitative estimate of drug-likeness (QED) is 0.795. The van der Waals surface area contributed by atoms with Crippen LogP contribution in [-0.4, -0.2) is 50.4 Å². The standard InChI is InChI=1S/C16H21Cl2N3O2/c1-20(2)7-3-6-19-16(23)11-8-15(22)21(10-11)12-4-5-13(17)14(18)9-12/h4-5,9,11H,3,6-8,10H2,1-2H3,(H,19,23). The average molecular weight is 358 g/mol. The summed E-state index contributed by atoms with van der Waals surface area (Å²) in [5.41, 5.74) is 0.673. The predicted molar refractivity (Wildman–Crippen MR) is 93.1 cm³/mol. The van der Waals surface area contributed by atoms with Crippen molar-refractivity contribution in [3.05, 3.63) is 28.2 Å². The molecule has 1 unspecified atom stereocenters. The Morgan fingerprint density at radius 1 is 1.35 bits per heavy atom. The van der Waals surface area contributed by atoms with Crippen LogP contribution in [0.2, 0.25) is 10.0 Å². The van der Waals surface area contributed by atoms with E-state index in [4.69, 9.17) is 23.2 Å². The number of carbonyl (C=O) groups excluding carboxylic acids is 2. The lowest BCUT2D eigenvalue weighted by molar-refractivity contribution is -0.126. The molecule has 0 aromatic heterocycles. The third-order valence-corrected chi connectivity index (χ3v) is 4.53. The van der Waals surface area contributed by atoms with Gasteiger partial charge in [0.25, 0.3) is 0 Å². The molecule has 2 amide bonds. The van der Waals surface area contributed by atoms with Gasteiger partial charge in [-0.2, -0.15) is 0 Å². The van der Waals surface area contributed by atoms with Crippen LogP contribution in [-0.2, 0) is 9.59 Å². The van der Waals surface area contributed by atoms with Gasteiger partial charge >= 0.3 is 0 Å². The van der Waals surface area contributed by atoms with Crippen molar-refractivity contribution >= 4 is 40.7 Å². The summed E-state index contributed by atoms with van der Waals surface area (Å²) in [5, 5.41) is 3.74. The molecule has 1 saturated heterocycles. The highest BCUT2D eigenvalue weighted by atomic mass is 35.5. The maximum atomic E-state index is 12.2. The molecule has 1 N–H and O–H groups in total. The van der Waals surface area contributed by atoms with Crippen molar-refractivity contribution in [1.29, 1.82) is 0 Å². The van der Waals surface area contributed by atoms with Gasteiger partial charge in [-0.25, -0.2) is 0 Å². The molecular formula is C16H21Cl2N3O2. The van der Waals surface area contributed by atoms with Crippen molar-refractivity contribution in [2.24, 2.45) is 5.92 Å². The fourth-order valence-corrected chi connectivity index (χ4v) is 2.83. The summed E-state index contributed by atoms with van der Waals surface area (Å²) in [6, 6.07) is 5.05. The van der Waals surface area contributed by atoms with E-state index in [1.165, 1.54) is 0 Å². The maximum Gasteiger partial charge on any atom is 0.227 e. The van der Waals surface area contributed by atoms with Crippen LogP contribution in [0.25, 0.3) is 0 Å². The van der Waals surface area contributed by atoms with Crippen LogP contribution in [0.15, 0.2) is 18.2 Å². The average Bonchev–Trinajstić information content (AvgIpc) is 2.88. The Bertz CT molecular complexity index is 593. The van der Waals surface area contributed by atoms with E-state index in [1.54, 1.807) is 23.1 Å². The van der Waals surface area contributed by atoms with E-state index in [9.17, 15) is 9.59 Å². The van der Waals surface area contributed by atoms with Crippen molar-refractivity contribution < 1.29 is 9.59 Å². The molecule has 1 aromatic rings. The van der Waals surface area contributed by atoms with Crippen molar-refractivity contribution in [2.75, 3.05) is 38.6 Å². The molecule has 126 valence electrons. The first-order valence-electron chi connectivity index (χ1n) is 7.56. The third-order valence-electron chi connectivity index (χ3n) is 3.79. The number of halogens is 2. The number of hydrogen-bond donors (Lipinski definition) is 1. The van der Waals surface area contributed by atoms with Gasteiger partial charge in [0.05, 0.1) is 16.0 Å². The molecule has 0 spiro atoms. The zero-order valence-electron chi connectivity index (χ0n) is 13.3. The first kappa shape index (κ1) is 18.0. The summed E-state index contributed by atoms with van der Waals surface area (Å²) in [6.07, 6.45) is 1.11. The molecule has 0 bridgehead atoms. The Morgan fingerprint density at radius 3 is 2.74 bits per heavy atom. The highest BCUT2D eigenvalue weighted by molar-refractivity contribution is 6.42. The van der Waals surface area contributed by atoms with Crippen LogP contribution in [0.4, 0.5) is 5.69 Å². The predicted octanol–water partition coefficient (Wildman–Crippen LogP) is 2.41. The van der Waals surface area contributed by atoms with Crippen LogP contribution >= 0.6 is 23.2 Å². The smallest absolute Gasteiger partial charge is 0.227 e. The number of benzene rings is 1. The summed E-state index contributed by atoms with van der Waals surface area (Å²) >= 11 is 11.9. The van der Waals surface area contributed by atoms with Crippen molar-refractivity contribution in [3.63, 3.8) is 0 Å². The molecule has 1 aromatic carbocycles. The zero-order valence-corrected chi connectivity index (χ0v) is 14.8. The van der Waals surface area contributed by atoms with Crippen LogP contribution in [0.5, 0.6) is 0 Å². The number of nitrogens with zero attached hydrogens (tertiary/aromatic N) is 2. The van der Waals surface area contributed by atoms with Crippen molar-refractivity contribution in [1.82, 2.24) is 10.2 Å². The van der Waals surface area contributed by atoms with E-state index in [1.807, 2.05) is 14.1 Å². The van der Waals surface area contributed by atoms with E-state index >= 15 is 0 Å². The van der Waals surface area contributed by atoms with Crippen LogP contribution in [0.3, 0.4) is 0 Å². The van der Waals surface area contributed by atoms with Gasteiger partial charge in [0.1, 0.15) is 0 Å². The largest absolute Gasteiger partial charge is 0.356 e. The van der Waals surface area contributed by atoms with E-state index in [2.05, 4.69) is 10.2 Å². The number of amides is 2. The normalized spacial score (nSPS) is 17.9. The summed E-state index contributed by atoms with van der Waals surface area (Å²) in [7, 11) is 3.99. The van der Waals surface area contributed by atoms with E-state index < -0.39 is 0 Å². The molecule has 23 heavy (non-hydrogen) atoms. The van der Waals surface area contributed by atoms with Gasteiger partial charge in [-0.1, -0.05) is 23.2 Å². The van der Waals surface area contributed by atoms with Crippen molar-refractivity contribution in [2.45, 2.75) is 12.8 Å². The summed E-state index contributed by atoms with van der Waals surface area (Å²) in [6.45, 7) is 1.91. The van der Waals surface area contributed by atoms with E-state index in [0.29, 0.717) is 28.8 Å². The molecule has 0 saturated carbocycles. The van der Waals surface area contributed by atoms with Gasteiger partial charge in [-0.3, -0.25) is 9.59 Å². The van der Waals surface area contributed by atoms with Gasteiger partial charge < -0.3 is 15.1 Å². The zero-order chi connectivity index (χ0) is 17.0. The lowest BCUT2D eigenvalue weighted by Crippen LogP contribution is -2.34. The van der Waals surface area contributed by atoms with Crippen LogP contribution < -0.4 is 10.2 Å². The lowest BCUT2D eigenvalue weighted by Gasteiger charge is -2.17. The minimum atomic E-state index is -0.323. The second-order valence-corrected chi connectivity index (χ2v) is 6.77. The maximum absolute atomic E-state index is 12.2. The molecule has 0 aliphatic carbocycles. The number of anilines is 1.